The molecular formula is C14H12FN7O3. The molecule has 0 radical (unpaired) electrons. The molecule has 0 saturated heterocycles. The third-order valence-electron chi connectivity index (χ3n) is 3.35. The number of anilines is 1. The number of benzene rings is 1. The molecule has 0 aliphatic carbocycles. The first-order valence-electron chi connectivity index (χ1n) is 7.05. The maximum atomic E-state index is 12.9. The molecule has 10 nitrogen and oxygen atoms in total. The van der Waals surface area contributed by atoms with Gasteiger partial charge >= 0.3 is 5.69 Å². The molecule has 0 aliphatic rings. The average Bonchev–Trinajstić information content (AvgIpc) is 3.16. The molecule has 0 bridgehead atoms. The summed E-state index contributed by atoms with van der Waals surface area (Å²) in [4.78, 5) is 26.4. The first kappa shape index (κ1) is 16.2. The van der Waals surface area contributed by atoms with E-state index in [0.29, 0.717) is 6.54 Å². The molecule has 3 aromatic rings. The van der Waals surface area contributed by atoms with Gasteiger partial charge in [-0.3, -0.25) is 24.9 Å². The zero-order valence-electron chi connectivity index (χ0n) is 13.0. The van der Waals surface area contributed by atoms with Crippen LogP contribution < -0.4 is 5.32 Å². The average molecular weight is 345 g/mol. The molecule has 1 amide bonds. The molecule has 3 rings (SSSR count). The highest BCUT2D eigenvalue weighted by atomic mass is 19.1. The van der Waals surface area contributed by atoms with E-state index in [4.69, 9.17) is 0 Å². The molecule has 2 heterocycles. The van der Waals surface area contributed by atoms with Gasteiger partial charge in [0.15, 0.2) is 0 Å². The van der Waals surface area contributed by atoms with E-state index in [1.54, 1.807) is 12.1 Å². The van der Waals surface area contributed by atoms with Crippen molar-refractivity contribution in [2.75, 3.05) is 5.32 Å². The summed E-state index contributed by atoms with van der Waals surface area (Å²) in [5.41, 5.74) is 0.178. The number of nitrogens with zero attached hydrogens (tertiary/aromatic N) is 6. The van der Waals surface area contributed by atoms with E-state index in [-0.39, 0.29) is 17.5 Å². The van der Waals surface area contributed by atoms with Gasteiger partial charge in [-0.25, -0.2) is 14.1 Å². The summed E-state index contributed by atoms with van der Waals surface area (Å²) in [5, 5.41) is 21.1. The lowest BCUT2D eigenvalue weighted by Crippen LogP contribution is -2.18. The van der Waals surface area contributed by atoms with E-state index in [1.165, 1.54) is 30.2 Å². The first-order chi connectivity index (χ1) is 11.9. The van der Waals surface area contributed by atoms with E-state index in [0.717, 1.165) is 16.4 Å². The Balaban J connectivity index is 1.73. The first-order valence-corrected chi connectivity index (χ1v) is 7.05. The number of rotatable bonds is 5. The fourth-order valence-electron chi connectivity index (χ4n) is 2.19. The van der Waals surface area contributed by atoms with Crippen molar-refractivity contribution in [2.24, 2.45) is 7.05 Å². The zero-order valence-corrected chi connectivity index (χ0v) is 13.0. The molecule has 0 aliphatic heterocycles. The lowest BCUT2D eigenvalue weighted by atomic mass is 10.2. The number of carbonyl (C=O) groups excluding carboxylic acids is 1. The molecule has 2 aromatic heterocycles. The molecule has 128 valence electrons. The second-order valence-electron chi connectivity index (χ2n) is 5.11. The lowest BCUT2D eigenvalue weighted by molar-refractivity contribution is -0.385. The van der Waals surface area contributed by atoms with Gasteiger partial charge in [-0.15, -0.1) is 5.10 Å². The number of aromatic nitrogens is 5. The number of hydrogen-bond acceptors (Lipinski definition) is 6. The Kier molecular flexibility index (Phi) is 4.20. The number of carbonyl (C=O) groups is 1. The molecule has 0 unspecified atom stereocenters. The Morgan fingerprint density at radius 2 is 2.08 bits per heavy atom. The van der Waals surface area contributed by atoms with Crippen molar-refractivity contribution in [3.05, 3.63) is 64.0 Å². The van der Waals surface area contributed by atoms with Crippen molar-refractivity contribution in [1.29, 1.82) is 0 Å². The minimum Gasteiger partial charge on any atom is -0.288 e. The van der Waals surface area contributed by atoms with Gasteiger partial charge < -0.3 is 0 Å². The minimum absolute atomic E-state index is 0.0115. The number of hydrogen-bond donors (Lipinski definition) is 1. The monoisotopic (exact) mass is 345 g/mol. The van der Waals surface area contributed by atoms with Crippen LogP contribution in [0.5, 0.6) is 0 Å². The summed E-state index contributed by atoms with van der Waals surface area (Å²) in [5.74, 6) is -1.10. The largest absolute Gasteiger partial charge is 0.320 e. The molecule has 0 spiro atoms. The summed E-state index contributed by atoms with van der Waals surface area (Å²) in [6.07, 6.45) is 2.38. The highest BCUT2D eigenvalue weighted by Crippen LogP contribution is 2.17. The van der Waals surface area contributed by atoms with Crippen molar-refractivity contribution in [3.8, 4) is 0 Å². The Labute approximate surface area is 140 Å². The van der Waals surface area contributed by atoms with Crippen LogP contribution in [0.3, 0.4) is 0 Å². The van der Waals surface area contributed by atoms with Crippen LogP contribution in [0.2, 0.25) is 0 Å². The third kappa shape index (κ3) is 3.49. The standard InChI is InChI=1S/C14H12FN7O3/c1-20-12(11(6-17-20)22(24)25)13(23)18-14-16-8-21(19-14)7-9-2-4-10(15)5-3-9/h2-6,8H,7H2,1H3,(H,18,19,23). The SMILES string of the molecule is Cn1ncc([N+](=O)[O-])c1C(=O)Nc1ncn(Cc2ccc(F)cc2)n1. The van der Waals surface area contributed by atoms with Gasteiger partial charge in [-0.1, -0.05) is 12.1 Å². The molecular weight excluding hydrogens is 333 g/mol. The van der Waals surface area contributed by atoms with Crippen LogP contribution in [0.15, 0.2) is 36.8 Å². The molecule has 0 fully saturated rings. The Morgan fingerprint density at radius 1 is 1.36 bits per heavy atom. The van der Waals surface area contributed by atoms with E-state index in [9.17, 15) is 19.3 Å². The van der Waals surface area contributed by atoms with Crippen LogP contribution in [0.1, 0.15) is 16.1 Å². The number of aryl methyl sites for hydroxylation is 1. The van der Waals surface area contributed by atoms with Gasteiger partial charge in [0.2, 0.25) is 11.6 Å². The summed E-state index contributed by atoms with van der Waals surface area (Å²) in [6.45, 7) is 0.328. The highest BCUT2D eigenvalue weighted by molar-refractivity contribution is 6.04. The summed E-state index contributed by atoms with van der Waals surface area (Å²) < 4.78 is 15.4. The van der Waals surface area contributed by atoms with Crippen LogP contribution in [0.25, 0.3) is 0 Å². The van der Waals surface area contributed by atoms with Crippen LogP contribution in [-0.4, -0.2) is 35.4 Å². The minimum atomic E-state index is -0.744. The Bertz CT molecular complexity index is 932. The fourth-order valence-corrected chi connectivity index (χ4v) is 2.19. The van der Waals surface area contributed by atoms with Crippen molar-refractivity contribution >= 4 is 17.5 Å². The predicted molar refractivity (Wildman–Crippen MR) is 83.3 cm³/mol. The van der Waals surface area contributed by atoms with Crippen molar-refractivity contribution < 1.29 is 14.1 Å². The van der Waals surface area contributed by atoms with Crippen LogP contribution in [-0.2, 0) is 13.6 Å². The van der Waals surface area contributed by atoms with Gasteiger partial charge in [0.05, 0.1) is 11.5 Å². The highest BCUT2D eigenvalue weighted by Gasteiger charge is 2.26. The van der Waals surface area contributed by atoms with Gasteiger partial charge in [0, 0.05) is 7.05 Å². The molecule has 1 aromatic carbocycles. The molecule has 0 atom stereocenters. The Morgan fingerprint density at radius 3 is 2.76 bits per heavy atom. The number of amides is 1. The Hall–Kier alpha value is -3.63. The molecule has 11 heteroatoms. The van der Waals surface area contributed by atoms with Crippen molar-refractivity contribution in [1.82, 2.24) is 24.5 Å². The van der Waals surface area contributed by atoms with Gasteiger partial charge in [-0.2, -0.15) is 5.10 Å². The molecule has 0 saturated carbocycles. The maximum absolute atomic E-state index is 12.9. The lowest BCUT2D eigenvalue weighted by Gasteiger charge is -2.02. The smallest absolute Gasteiger partial charge is 0.288 e. The van der Waals surface area contributed by atoms with Crippen LogP contribution in [0.4, 0.5) is 16.0 Å². The number of nitro groups is 1. The third-order valence-corrected chi connectivity index (χ3v) is 3.35. The number of nitrogens with one attached hydrogen (secondary N) is 1. The quantitative estimate of drug-likeness (QED) is 0.550. The van der Waals surface area contributed by atoms with E-state index in [1.807, 2.05) is 0 Å². The molecule has 25 heavy (non-hydrogen) atoms. The van der Waals surface area contributed by atoms with Gasteiger partial charge in [0.1, 0.15) is 18.3 Å². The van der Waals surface area contributed by atoms with E-state index >= 15 is 0 Å². The summed E-state index contributed by atoms with van der Waals surface area (Å²) in [6, 6.07) is 5.87. The van der Waals surface area contributed by atoms with E-state index < -0.39 is 16.5 Å². The van der Waals surface area contributed by atoms with Crippen molar-refractivity contribution in [2.45, 2.75) is 6.54 Å². The van der Waals surface area contributed by atoms with Gasteiger partial charge in [-0.05, 0) is 17.7 Å². The second-order valence-corrected chi connectivity index (χ2v) is 5.11. The summed E-state index contributed by atoms with van der Waals surface area (Å²) in [7, 11) is 1.42. The van der Waals surface area contributed by atoms with Crippen LogP contribution in [0, 0.1) is 15.9 Å². The van der Waals surface area contributed by atoms with Crippen LogP contribution >= 0.6 is 0 Å². The zero-order chi connectivity index (χ0) is 18.0. The van der Waals surface area contributed by atoms with Gasteiger partial charge in [0.25, 0.3) is 5.91 Å². The topological polar surface area (TPSA) is 121 Å². The van der Waals surface area contributed by atoms with E-state index in [2.05, 4.69) is 20.5 Å². The normalized spacial score (nSPS) is 10.6. The molecule has 1 N–H and O–H groups in total. The predicted octanol–water partition coefficient (Wildman–Crippen LogP) is 1.36. The summed E-state index contributed by atoms with van der Waals surface area (Å²) >= 11 is 0. The second kappa shape index (κ2) is 6.47. The fraction of sp³-hybridized carbons (Fsp3) is 0.143. The maximum Gasteiger partial charge on any atom is 0.320 e. The van der Waals surface area contributed by atoms with Crippen molar-refractivity contribution in [3.63, 3.8) is 0 Å². The number of halogens is 1.